The van der Waals surface area contributed by atoms with Crippen LogP contribution in [0.15, 0.2) is 54.6 Å². The van der Waals surface area contributed by atoms with Crippen LogP contribution >= 0.6 is 0 Å². The first-order valence-electron chi connectivity index (χ1n) is 6.18. The molecular weight excluding hydrogens is 218 g/mol. The van der Waals surface area contributed by atoms with Crippen molar-refractivity contribution >= 4 is 10.9 Å². The molecule has 3 rings (SSSR count). The number of hydrogen-bond donors (Lipinski definition) is 0. The van der Waals surface area contributed by atoms with Crippen molar-refractivity contribution in [1.29, 1.82) is 0 Å². The second kappa shape index (κ2) is 4.26. The summed E-state index contributed by atoms with van der Waals surface area (Å²) in [5.74, 6) is 0. The summed E-state index contributed by atoms with van der Waals surface area (Å²) < 4.78 is 0. The predicted molar refractivity (Wildman–Crippen MR) is 76.7 cm³/mol. The van der Waals surface area contributed by atoms with Gasteiger partial charge < -0.3 is 0 Å². The van der Waals surface area contributed by atoms with Gasteiger partial charge in [-0.15, -0.1) is 0 Å². The number of rotatable bonds is 1. The molecule has 0 amide bonds. The Bertz CT molecular complexity index is 699. The van der Waals surface area contributed by atoms with Crippen LogP contribution in [0, 0.1) is 13.8 Å². The van der Waals surface area contributed by atoms with Crippen molar-refractivity contribution in [1.82, 2.24) is 4.98 Å². The van der Waals surface area contributed by atoms with Gasteiger partial charge in [-0.05, 0) is 37.1 Å². The van der Waals surface area contributed by atoms with Crippen molar-refractivity contribution in [2.24, 2.45) is 0 Å². The van der Waals surface area contributed by atoms with E-state index in [1.54, 1.807) is 0 Å². The second-order valence-electron chi connectivity index (χ2n) is 4.66. The zero-order valence-electron chi connectivity index (χ0n) is 10.6. The molecule has 0 radical (unpaired) electrons. The number of aromatic nitrogens is 1. The van der Waals surface area contributed by atoms with Gasteiger partial charge in [-0.1, -0.05) is 42.5 Å². The number of nitrogens with zero attached hydrogens (tertiary/aromatic N) is 1. The highest BCUT2D eigenvalue weighted by Gasteiger charge is 2.06. The fourth-order valence-electron chi connectivity index (χ4n) is 2.45. The normalized spacial score (nSPS) is 10.8. The summed E-state index contributed by atoms with van der Waals surface area (Å²) in [6.45, 7) is 4.29. The minimum atomic E-state index is 1.05. The van der Waals surface area contributed by atoms with E-state index in [4.69, 9.17) is 4.98 Å². The second-order valence-corrected chi connectivity index (χ2v) is 4.66. The van der Waals surface area contributed by atoms with E-state index in [0.717, 1.165) is 11.2 Å². The third kappa shape index (κ3) is 1.78. The summed E-state index contributed by atoms with van der Waals surface area (Å²) in [6, 6.07) is 18.8. The molecule has 1 heterocycles. The van der Waals surface area contributed by atoms with E-state index < -0.39 is 0 Å². The summed E-state index contributed by atoms with van der Waals surface area (Å²) in [5, 5.41) is 1.28. The van der Waals surface area contributed by atoms with Crippen LogP contribution in [0.2, 0.25) is 0 Å². The van der Waals surface area contributed by atoms with Gasteiger partial charge in [-0.3, -0.25) is 0 Å². The molecule has 0 bridgehead atoms. The number of hydrogen-bond acceptors (Lipinski definition) is 1. The Labute approximate surface area is 107 Å². The quantitative estimate of drug-likeness (QED) is 0.602. The maximum atomic E-state index is 4.77. The molecule has 1 heteroatoms. The van der Waals surface area contributed by atoms with Gasteiger partial charge in [0.05, 0.1) is 11.2 Å². The highest BCUT2D eigenvalue weighted by Crippen LogP contribution is 2.26. The molecule has 0 fully saturated rings. The highest BCUT2D eigenvalue weighted by atomic mass is 14.7. The zero-order valence-corrected chi connectivity index (χ0v) is 10.6. The number of fused-ring (bicyclic) bond motifs is 1. The minimum absolute atomic E-state index is 1.05. The molecule has 0 unspecified atom stereocenters. The van der Waals surface area contributed by atoms with Crippen molar-refractivity contribution in [3.05, 3.63) is 65.7 Å². The minimum Gasteiger partial charge on any atom is -0.248 e. The van der Waals surface area contributed by atoms with Crippen molar-refractivity contribution in [3.8, 4) is 11.3 Å². The van der Waals surface area contributed by atoms with Crippen LogP contribution in [0.1, 0.15) is 11.1 Å². The molecule has 2 aromatic carbocycles. The van der Waals surface area contributed by atoms with E-state index in [2.05, 4.69) is 50.2 Å². The SMILES string of the molecule is Cc1cccc2nc(-c3ccccc3)cc(C)c12. The average Bonchev–Trinajstić information content (AvgIpc) is 2.39. The predicted octanol–water partition coefficient (Wildman–Crippen LogP) is 4.52. The molecule has 3 aromatic rings. The van der Waals surface area contributed by atoms with Gasteiger partial charge in [0.2, 0.25) is 0 Å². The van der Waals surface area contributed by atoms with Crippen molar-refractivity contribution in [2.45, 2.75) is 13.8 Å². The van der Waals surface area contributed by atoms with Crippen LogP contribution < -0.4 is 0 Å². The molecule has 0 aliphatic carbocycles. The lowest BCUT2D eigenvalue weighted by Gasteiger charge is -2.08. The van der Waals surface area contributed by atoms with Crippen LogP contribution in [0.4, 0.5) is 0 Å². The standard InChI is InChI=1S/C17H15N/c1-12-7-6-10-15-17(12)13(2)11-16(18-15)14-8-4-3-5-9-14/h3-11H,1-2H3. The van der Waals surface area contributed by atoms with Crippen LogP contribution in [0.5, 0.6) is 0 Å². The molecule has 88 valence electrons. The van der Waals surface area contributed by atoms with Gasteiger partial charge >= 0.3 is 0 Å². The van der Waals surface area contributed by atoms with Gasteiger partial charge in [0, 0.05) is 10.9 Å². The molecule has 0 atom stereocenters. The third-order valence-electron chi connectivity index (χ3n) is 3.31. The van der Waals surface area contributed by atoms with Crippen LogP contribution in [0.25, 0.3) is 22.2 Å². The van der Waals surface area contributed by atoms with E-state index in [1.165, 1.54) is 22.1 Å². The van der Waals surface area contributed by atoms with E-state index in [9.17, 15) is 0 Å². The van der Waals surface area contributed by atoms with E-state index in [1.807, 2.05) is 18.2 Å². The first kappa shape index (κ1) is 11.0. The third-order valence-corrected chi connectivity index (χ3v) is 3.31. The molecule has 0 spiro atoms. The Morgan fingerprint density at radius 2 is 1.56 bits per heavy atom. The van der Waals surface area contributed by atoms with Gasteiger partial charge in [-0.2, -0.15) is 0 Å². The van der Waals surface area contributed by atoms with Gasteiger partial charge in [0.25, 0.3) is 0 Å². The van der Waals surface area contributed by atoms with E-state index in [0.29, 0.717) is 0 Å². The molecule has 0 saturated carbocycles. The Balaban J connectivity index is 2.29. The molecule has 18 heavy (non-hydrogen) atoms. The topological polar surface area (TPSA) is 12.9 Å². The first-order chi connectivity index (χ1) is 8.75. The Morgan fingerprint density at radius 1 is 0.778 bits per heavy atom. The zero-order chi connectivity index (χ0) is 12.5. The lowest BCUT2D eigenvalue weighted by molar-refractivity contribution is 1.34. The summed E-state index contributed by atoms with van der Waals surface area (Å²) in [4.78, 5) is 4.77. The fraction of sp³-hybridized carbons (Fsp3) is 0.118. The van der Waals surface area contributed by atoms with Crippen molar-refractivity contribution in [3.63, 3.8) is 0 Å². The summed E-state index contributed by atoms with van der Waals surface area (Å²) in [7, 11) is 0. The maximum absolute atomic E-state index is 4.77. The molecular formula is C17H15N. The monoisotopic (exact) mass is 233 g/mol. The fourth-order valence-corrected chi connectivity index (χ4v) is 2.45. The van der Waals surface area contributed by atoms with Crippen LogP contribution in [-0.4, -0.2) is 4.98 Å². The van der Waals surface area contributed by atoms with E-state index in [-0.39, 0.29) is 0 Å². The molecule has 0 aliphatic heterocycles. The lowest BCUT2D eigenvalue weighted by Crippen LogP contribution is -1.90. The Hall–Kier alpha value is -2.15. The summed E-state index contributed by atoms with van der Waals surface area (Å²) in [6.07, 6.45) is 0. The molecule has 1 aromatic heterocycles. The smallest absolute Gasteiger partial charge is 0.0714 e. The maximum Gasteiger partial charge on any atom is 0.0714 e. The summed E-state index contributed by atoms with van der Waals surface area (Å²) in [5.41, 5.74) is 5.87. The highest BCUT2D eigenvalue weighted by molar-refractivity contribution is 5.87. The molecule has 0 aliphatic rings. The van der Waals surface area contributed by atoms with Crippen molar-refractivity contribution < 1.29 is 0 Å². The number of aryl methyl sites for hydroxylation is 2. The number of pyridine rings is 1. The van der Waals surface area contributed by atoms with Crippen LogP contribution in [-0.2, 0) is 0 Å². The summed E-state index contributed by atoms with van der Waals surface area (Å²) >= 11 is 0. The lowest BCUT2D eigenvalue weighted by atomic mass is 10.0. The Morgan fingerprint density at radius 3 is 2.33 bits per heavy atom. The van der Waals surface area contributed by atoms with Crippen LogP contribution in [0.3, 0.4) is 0 Å². The average molecular weight is 233 g/mol. The van der Waals surface area contributed by atoms with Gasteiger partial charge in [-0.25, -0.2) is 4.98 Å². The first-order valence-corrected chi connectivity index (χ1v) is 6.18. The van der Waals surface area contributed by atoms with Crippen molar-refractivity contribution in [2.75, 3.05) is 0 Å². The molecule has 0 saturated heterocycles. The molecule has 0 N–H and O–H groups in total. The van der Waals surface area contributed by atoms with Gasteiger partial charge in [0.15, 0.2) is 0 Å². The number of benzene rings is 2. The molecule has 1 nitrogen and oxygen atoms in total. The van der Waals surface area contributed by atoms with Gasteiger partial charge in [0.1, 0.15) is 0 Å². The largest absolute Gasteiger partial charge is 0.248 e. The van der Waals surface area contributed by atoms with E-state index >= 15 is 0 Å². The Kier molecular flexibility index (Phi) is 2.60.